The first-order chi connectivity index (χ1) is 8.38. The standard InChI is InChI=1S/C10H21N5O2S/c1-8(2)15(3)5-4-13-18(16,17)10-9(6-11)7-12-14-10/h7-8,13H,4-6,11H2,1-3H3,(H,12,14). The maximum atomic E-state index is 12.0. The third kappa shape index (κ3) is 3.77. The molecule has 0 saturated heterocycles. The Balaban J connectivity index is 2.61. The number of aromatic amines is 1. The van der Waals surface area contributed by atoms with E-state index < -0.39 is 10.0 Å². The van der Waals surface area contributed by atoms with Crippen molar-refractivity contribution in [2.45, 2.75) is 31.5 Å². The van der Waals surface area contributed by atoms with Crippen molar-refractivity contribution in [2.75, 3.05) is 20.1 Å². The summed E-state index contributed by atoms with van der Waals surface area (Å²) < 4.78 is 26.5. The van der Waals surface area contributed by atoms with Gasteiger partial charge in [-0.15, -0.1) is 0 Å². The predicted molar refractivity (Wildman–Crippen MR) is 69.4 cm³/mol. The molecule has 0 amide bonds. The van der Waals surface area contributed by atoms with Gasteiger partial charge in [0.1, 0.15) is 0 Å². The molecule has 0 fully saturated rings. The molecule has 0 aliphatic carbocycles. The summed E-state index contributed by atoms with van der Waals surface area (Å²) in [7, 11) is -1.61. The second-order valence-electron chi connectivity index (χ2n) is 4.40. The quantitative estimate of drug-likeness (QED) is 0.621. The van der Waals surface area contributed by atoms with Gasteiger partial charge in [-0.25, -0.2) is 13.1 Å². The number of nitrogens with two attached hydrogens (primary N) is 1. The normalized spacial score (nSPS) is 12.6. The largest absolute Gasteiger partial charge is 0.326 e. The van der Waals surface area contributed by atoms with Gasteiger partial charge < -0.3 is 10.6 Å². The Labute approximate surface area is 108 Å². The summed E-state index contributed by atoms with van der Waals surface area (Å²) in [6.07, 6.45) is 1.43. The highest BCUT2D eigenvalue weighted by Crippen LogP contribution is 2.10. The fraction of sp³-hybridized carbons (Fsp3) is 0.700. The van der Waals surface area contributed by atoms with Gasteiger partial charge in [-0.05, 0) is 20.9 Å². The first-order valence-corrected chi connectivity index (χ1v) is 7.29. The van der Waals surface area contributed by atoms with E-state index in [0.29, 0.717) is 24.7 Å². The van der Waals surface area contributed by atoms with Crippen molar-refractivity contribution in [3.8, 4) is 0 Å². The molecule has 0 aromatic carbocycles. The van der Waals surface area contributed by atoms with Crippen molar-refractivity contribution in [3.05, 3.63) is 11.8 Å². The van der Waals surface area contributed by atoms with Gasteiger partial charge in [0.05, 0.1) is 6.20 Å². The molecule has 0 bridgehead atoms. The van der Waals surface area contributed by atoms with Crippen molar-refractivity contribution in [1.82, 2.24) is 19.8 Å². The summed E-state index contributed by atoms with van der Waals surface area (Å²) in [5.41, 5.74) is 5.93. The van der Waals surface area contributed by atoms with Gasteiger partial charge in [0.15, 0.2) is 5.03 Å². The number of likely N-dealkylation sites (N-methyl/N-ethyl adjacent to an activating group) is 1. The first kappa shape index (κ1) is 15.1. The van der Waals surface area contributed by atoms with Crippen LogP contribution in [-0.2, 0) is 16.6 Å². The van der Waals surface area contributed by atoms with E-state index in [-0.39, 0.29) is 11.6 Å². The molecule has 1 aromatic rings. The van der Waals surface area contributed by atoms with Crippen LogP contribution in [0.15, 0.2) is 11.2 Å². The van der Waals surface area contributed by atoms with E-state index in [4.69, 9.17) is 5.73 Å². The smallest absolute Gasteiger partial charge is 0.257 e. The molecule has 8 heteroatoms. The highest BCUT2D eigenvalue weighted by atomic mass is 32.2. The van der Waals surface area contributed by atoms with Crippen LogP contribution in [-0.4, -0.2) is 49.7 Å². The van der Waals surface area contributed by atoms with E-state index >= 15 is 0 Å². The van der Waals surface area contributed by atoms with Crippen LogP contribution in [0.1, 0.15) is 19.4 Å². The minimum absolute atomic E-state index is 0.0530. The maximum Gasteiger partial charge on any atom is 0.257 e. The Hall–Kier alpha value is -0.960. The molecule has 0 spiro atoms. The first-order valence-electron chi connectivity index (χ1n) is 5.80. The highest BCUT2D eigenvalue weighted by Gasteiger charge is 2.19. The van der Waals surface area contributed by atoms with Gasteiger partial charge in [-0.1, -0.05) is 0 Å². The van der Waals surface area contributed by atoms with Crippen LogP contribution in [0.2, 0.25) is 0 Å². The van der Waals surface area contributed by atoms with E-state index in [1.807, 2.05) is 7.05 Å². The number of hydrogen-bond acceptors (Lipinski definition) is 5. The van der Waals surface area contributed by atoms with Crippen LogP contribution < -0.4 is 10.5 Å². The molecule has 0 atom stereocenters. The zero-order valence-electron chi connectivity index (χ0n) is 11.0. The van der Waals surface area contributed by atoms with Crippen LogP contribution >= 0.6 is 0 Å². The summed E-state index contributed by atoms with van der Waals surface area (Å²) in [6, 6.07) is 0.376. The number of nitrogens with zero attached hydrogens (tertiary/aromatic N) is 2. The van der Waals surface area contributed by atoms with Gasteiger partial charge in [0, 0.05) is 31.2 Å². The summed E-state index contributed by atoms with van der Waals surface area (Å²) >= 11 is 0. The molecule has 0 aliphatic rings. The minimum atomic E-state index is -3.56. The lowest BCUT2D eigenvalue weighted by atomic mass is 10.3. The average molecular weight is 275 g/mol. The lowest BCUT2D eigenvalue weighted by Crippen LogP contribution is -2.36. The summed E-state index contributed by atoms with van der Waals surface area (Å²) in [5.74, 6) is 0. The summed E-state index contributed by atoms with van der Waals surface area (Å²) in [6.45, 7) is 5.23. The third-order valence-corrected chi connectivity index (χ3v) is 4.28. The number of H-pyrrole nitrogens is 1. The van der Waals surface area contributed by atoms with Gasteiger partial charge in [0.25, 0.3) is 10.0 Å². The third-order valence-electron chi connectivity index (χ3n) is 2.80. The van der Waals surface area contributed by atoms with E-state index in [9.17, 15) is 8.42 Å². The van der Waals surface area contributed by atoms with Gasteiger partial charge >= 0.3 is 0 Å². The zero-order valence-corrected chi connectivity index (χ0v) is 11.8. The van der Waals surface area contributed by atoms with Crippen molar-refractivity contribution >= 4 is 10.0 Å². The number of aromatic nitrogens is 2. The lowest BCUT2D eigenvalue weighted by molar-refractivity contribution is 0.278. The number of hydrogen-bond donors (Lipinski definition) is 3. The van der Waals surface area contributed by atoms with Crippen molar-refractivity contribution < 1.29 is 8.42 Å². The van der Waals surface area contributed by atoms with E-state index in [1.165, 1.54) is 6.20 Å². The van der Waals surface area contributed by atoms with Crippen molar-refractivity contribution in [2.24, 2.45) is 5.73 Å². The Morgan fingerprint density at radius 3 is 2.78 bits per heavy atom. The molecular weight excluding hydrogens is 254 g/mol. The van der Waals surface area contributed by atoms with Crippen LogP contribution in [0, 0.1) is 0 Å². The molecule has 7 nitrogen and oxygen atoms in total. The molecule has 0 saturated carbocycles. The molecule has 1 aromatic heterocycles. The Kier molecular flexibility index (Phi) is 5.27. The van der Waals surface area contributed by atoms with Crippen LogP contribution in [0.5, 0.6) is 0 Å². The average Bonchev–Trinajstić information content (AvgIpc) is 2.77. The van der Waals surface area contributed by atoms with Gasteiger partial charge in [0.2, 0.25) is 0 Å². The van der Waals surface area contributed by atoms with Crippen molar-refractivity contribution in [1.29, 1.82) is 0 Å². The molecule has 0 aliphatic heterocycles. The molecule has 0 unspecified atom stereocenters. The minimum Gasteiger partial charge on any atom is -0.326 e. The van der Waals surface area contributed by atoms with Gasteiger partial charge in [-0.2, -0.15) is 5.10 Å². The molecule has 4 N–H and O–H groups in total. The Morgan fingerprint density at radius 2 is 2.22 bits per heavy atom. The molecule has 1 heterocycles. The molecule has 104 valence electrons. The van der Waals surface area contributed by atoms with E-state index in [0.717, 1.165) is 0 Å². The van der Waals surface area contributed by atoms with Crippen molar-refractivity contribution in [3.63, 3.8) is 0 Å². The van der Waals surface area contributed by atoms with Crippen LogP contribution in [0.4, 0.5) is 0 Å². The summed E-state index contributed by atoms with van der Waals surface area (Å²) in [4.78, 5) is 2.05. The second kappa shape index (κ2) is 6.28. The Morgan fingerprint density at radius 1 is 1.56 bits per heavy atom. The van der Waals surface area contributed by atoms with Gasteiger partial charge in [-0.3, -0.25) is 5.10 Å². The number of rotatable bonds is 7. The molecule has 1 rings (SSSR count). The molecule has 0 radical (unpaired) electrons. The van der Waals surface area contributed by atoms with E-state index in [2.05, 4.69) is 33.7 Å². The maximum absolute atomic E-state index is 12.0. The molecular formula is C10H21N5O2S. The topological polar surface area (TPSA) is 104 Å². The lowest BCUT2D eigenvalue weighted by Gasteiger charge is -2.20. The van der Waals surface area contributed by atoms with E-state index in [1.54, 1.807) is 0 Å². The van der Waals surface area contributed by atoms with Crippen LogP contribution in [0.3, 0.4) is 0 Å². The fourth-order valence-electron chi connectivity index (χ4n) is 1.36. The second-order valence-corrected chi connectivity index (χ2v) is 6.10. The zero-order chi connectivity index (χ0) is 13.8. The van der Waals surface area contributed by atoms with Crippen LogP contribution in [0.25, 0.3) is 0 Å². The SMILES string of the molecule is CC(C)N(C)CCNS(=O)(=O)c1[nH]ncc1CN. The predicted octanol–water partition coefficient (Wildman–Crippen LogP) is -0.513. The molecule has 18 heavy (non-hydrogen) atoms. The number of nitrogens with one attached hydrogen (secondary N) is 2. The monoisotopic (exact) mass is 275 g/mol. The highest BCUT2D eigenvalue weighted by molar-refractivity contribution is 7.89. The number of sulfonamides is 1. The summed E-state index contributed by atoms with van der Waals surface area (Å²) in [5, 5.41) is 6.21. The Bertz CT molecular complexity index is 468. The fourth-order valence-corrected chi connectivity index (χ4v) is 2.52.